The number of carboxylic acid groups (broad SMARTS) is 1. The van der Waals surface area contributed by atoms with Crippen molar-refractivity contribution in [2.45, 2.75) is 12.5 Å². The molecule has 0 aliphatic carbocycles. The van der Waals surface area contributed by atoms with Gasteiger partial charge in [-0.15, -0.1) is 0 Å². The van der Waals surface area contributed by atoms with Crippen molar-refractivity contribution in [3.63, 3.8) is 0 Å². The topological polar surface area (TPSA) is 58.6 Å². The van der Waals surface area contributed by atoms with E-state index in [0.29, 0.717) is 5.56 Å². The Labute approximate surface area is 93.0 Å². The van der Waals surface area contributed by atoms with Crippen molar-refractivity contribution in [3.8, 4) is 5.75 Å². The van der Waals surface area contributed by atoms with Crippen LogP contribution in [0.4, 0.5) is 4.39 Å². The predicted molar refractivity (Wildman–Crippen MR) is 57.1 cm³/mol. The molecule has 0 heterocycles. The minimum Gasteiger partial charge on any atom is -0.494 e. The highest BCUT2D eigenvalue weighted by molar-refractivity contribution is 5.73. The van der Waals surface area contributed by atoms with E-state index in [-0.39, 0.29) is 12.2 Å². The maximum atomic E-state index is 13.3. The van der Waals surface area contributed by atoms with Crippen LogP contribution in [-0.4, -0.2) is 31.3 Å². The van der Waals surface area contributed by atoms with Crippen molar-refractivity contribution < 1.29 is 19.0 Å². The number of ether oxygens (including phenoxy) is 1. The van der Waals surface area contributed by atoms with E-state index in [9.17, 15) is 9.18 Å². The van der Waals surface area contributed by atoms with E-state index in [2.05, 4.69) is 5.32 Å². The number of carboxylic acids is 1. The Morgan fingerprint density at radius 3 is 2.75 bits per heavy atom. The number of likely N-dealkylation sites (N-methyl/N-ethyl adjacent to an activating group) is 1. The SMILES string of the molecule is CNC(Cc1ccc(OC)c(F)c1)C(=O)O. The van der Waals surface area contributed by atoms with Crippen LogP contribution < -0.4 is 10.1 Å². The molecule has 5 heteroatoms. The van der Waals surface area contributed by atoms with Crippen molar-refractivity contribution in [1.29, 1.82) is 0 Å². The fraction of sp³-hybridized carbons (Fsp3) is 0.364. The maximum absolute atomic E-state index is 13.3. The van der Waals surface area contributed by atoms with E-state index in [4.69, 9.17) is 9.84 Å². The summed E-state index contributed by atoms with van der Waals surface area (Å²) in [5.74, 6) is -1.29. The third-order valence-electron chi connectivity index (χ3n) is 2.30. The lowest BCUT2D eigenvalue weighted by Crippen LogP contribution is -2.35. The van der Waals surface area contributed by atoms with Gasteiger partial charge in [-0.25, -0.2) is 4.39 Å². The first-order chi connectivity index (χ1) is 7.58. The number of carbonyl (C=O) groups is 1. The molecule has 88 valence electrons. The smallest absolute Gasteiger partial charge is 0.321 e. The van der Waals surface area contributed by atoms with Crippen molar-refractivity contribution in [1.82, 2.24) is 5.32 Å². The largest absolute Gasteiger partial charge is 0.494 e. The lowest BCUT2D eigenvalue weighted by atomic mass is 10.1. The van der Waals surface area contributed by atoms with Gasteiger partial charge >= 0.3 is 5.97 Å². The van der Waals surface area contributed by atoms with Crippen LogP contribution in [0.25, 0.3) is 0 Å². The van der Waals surface area contributed by atoms with E-state index >= 15 is 0 Å². The Morgan fingerprint density at radius 1 is 1.62 bits per heavy atom. The van der Waals surface area contributed by atoms with Crippen LogP contribution in [0.5, 0.6) is 5.75 Å². The molecule has 0 aromatic heterocycles. The molecule has 0 bridgehead atoms. The van der Waals surface area contributed by atoms with Gasteiger partial charge in [0.1, 0.15) is 6.04 Å². The summed E-state index contributed by atoms with van der Waals surface area (Å²) in [6.07, 6.45) is 0.229. The molecule has 1 aromatic carbocycles. The number of halogens is 1. The van der Waals surface area contributed by atoms with Crippen LogP contribution >= 0.6 is 0 Å². The highest BCUT2D eigenvalue weighted by Gasteiger charge is 2.16. The van der Waals surface area contributed by atoms with Gasteiger partial charge in [-0.3, -0.25) is 4.79 Å². The molecule has 1 rings (SSSR count). The number of nitrogens with one attached hydrogen (secondary N) is 1. The summed E-state index contributed by atoms with van der Waals surface area (Å²) >= 11 is 0. The Hall–Kier alpha value is -1.62. The van der Waals surface area contributed by atoms with E-state index in [1.807, 2.05) is 0 Å². The second-order valence-corrected chi connectivity index (χ2v) is 3.35. The van der Waals surface area contributed by atoms with E-state index < -0.39 is 17.8 Å². The minimum atomic E-state index is -0.960. The molecule has 16 heavy (non-hydrogen) atoms. The molecule has 1 aromatic rings. The fourth-order valence-corrected chi connectivity index (χ4v) is 1.39. The number of methoxy groups -OCH3 is 1. The van der Waals surface area contributed by atoms with Crippen LogP contribution in [0.3, 0.4) is 0 Å². The van der Waals surface area contributed by atoms with Crippen molar-refractivity contribution in [2.24, 2.45) is 0 Å². The molecule has 1 atom stereocenters. The third-order valence-corrected chi connectivity index (χ3v) is 2.30. The molecule has 0 saturated heterocycles. The average Bonchev–Trinajstić information content (AvgIpc) is 2.25. The first kappa shape index (κ1) is 12.4. The molecule has 0 amide bonds. The molecular formula is C11H14FNO3. The summed E-state index contributed by atoms with van der Waals surface area (Å²) in [5.41, 5.74) is 0.611. The normalized spacial score (nSPS) is 12.2. The number of aliphatic carboxylic acids is 1. The highest BCUT2D eigenvalue weighted by Crippen LogP contribution is 2.18. The van der Waals surface area contributed by atoms with Crippen molar-refractivity contribution in [2.75, 3.05) is 14.2 Å². The van der Waals surface area contributed by atoms with Crippen LogP contribution in [0, 0.1) is 5.82 Å². The molecule has 0 spiro atoms. The van der Waals surface area contributed by atoms with Gasteiger partial charge in [0.2, 0.25) is 0 Å². The zero-order valence-electron chi connectivity index (χ0n) is 9.16. The standard InChI is InChI=1S/C11H14FNO3/c1-13-9(11(14)15)6-7-3-4-10(16-2)8(12)5-7/h3-5,9,13H,6H2,1-2H3,(H,14,15). The van der Waals surface area contributed by atoms with Gasteiger partial charge in [0.15, 0.2) is 11.6 Å². The van der Waals surface area contributed by atoms with Crippen molar-refractivity contribution in [3.05, 3.63) is 29.6 Å². The van der Waals surface area contributed by atoms with Gasteiger partial charge in [-0.05, 0) is 31.2 Å². The van der Waals surface area contributed by atoms with Gasteiger partial charge in [0, 0.05) is 0 Å². The summed E-state index contributed by atoms with van der Waals surface area (Å²) in [7, 11) is 2.93. The number of rotatable bonds is 5. The van der Waals surface area contributed by atoms with Gasteiger partial charge < -0.3 is 15.2 Å². The average molecular weight is 227 g/mol. The summed E-state index contributed by atoms with van der Waals surface area (Å²) in [4.78, 5) is 10.8. The van der Waals surface area contributed by atoms with Crippen LogP contribution in [0.2, 0.25) is 0 Å². The molecule has 0 aliphatic heterocycles. The minimum absolute atomic E-state index is 0.153. The number of benzene rings is 1. The lowest BCUT2D eigenvalue weighted by molar-refractivity contribution is -0.139. The summed E-state index contributed by atoms with van der Waals surface area (Å²) in [6.45, 7) is 0. The van der Waals surface area contributed by atoms with Gasteiger partial charge in [-0.1, -0.05) is 6.07 Å². The van der Waals surface area contributed by atoms with Gasteiger partial charge in [0.25, 0.3) is 0 Å². The Bertz CT molecular complexity index is 381. The first-order valence-corrected chi connectivity index (χ1v) is 4.81. The van der Waals surface area contributed by atoms with Crippen LogP contribution in [0.15, 0.2) is 18.2 Å². The quantitative estimate of drug-likeness (QED) is 0.789. The van der Waals surface area contributed by atoms with Crippen LogP contribution in [-0.2, 0) is 11.2 Å². The zero-order chi connectivity index (χ0) is 12.1. The molecular weight excluding hydrogens is 213 g/mol. The number of hydrogen-bond donors (Lipinski definition) is 2. The third kappa shape index (κ3) is 2.93. The predicted octanol–water partition coefficient (Wildman–Crippen LogP) is 1.05. The summed E-state index contributed by atoms with van der Waals surface area (Å²) < 4.78 is 18.1. The second-order valence-electron chi connectivity index (χ2n) is 3.35. The molecule has 0 radical (unpaired) electrons. The highest BCUT2D eigenvalue weighted by atomic mass is 19.1. The zero-order valence-corrected chi connectivity index (χ0v) is 9.16. The Morgan fingerprint density at radius 2 is 2.31 bits per heavy atom. The van der Waals surface area contributed by atoms with Gasteiger partial charge in [0.05, 0.1) is 7.11 Å². The molecule has 0 saturated carbocycles. The monoisotopic (exact) mass is 227 g/mol. The second kappa shape index (κ2) is 5.46. The summed E-state index contributed by atoms with van der Waals surface area (Å²) in [5, 5.41) is 11.5. The first-order valence-electron chi connectivity index (χ1n) is 4.81. The lowest BCUT2D eigenvalue weighted by Gasteiger charge is -2.11. The summed E-state index contributed by atoms with van der Waals surface area (Å²) in [6, 6.07) is 3.70. The van der Waals surface area contributed by atoms with Gasteiger partial charge in [-0.2, -0.15) is 0 Å². The number of hydrogen-bond acceptors (Lipinski definition) is 3. The molecule has 2 N–H and O–H groups in total. The Kier molecular flexibility index (Phi) is 4.25. The molecule has 1 unspecified atom stereocenters. The Balaban J connectivity index is 2.81. The van der Waals surface area contributed by atoms with E-state index in [0.717, 1.165) is 0 Å². The van der Waals surface area contributed by atoms with E-state index in [1.54, 1.807) is 13.1 Å². The molecule has 0 aliphatic rings. The molecule has 4 nitrogen and oxygen atoms in total. The van der Waals surface area contributed by atoms with Crippen LogP contribution in [0.1, 0.15) is 5.56 Å². The fourth-order valence-electron chi connectivity index (χ4n) is 1.39. The van der Waals surface area contributed by atoms with Crippen molar-refractivity contribution >= 4 is 5.97 Å². The van der Waals surface area contributed by atoms with E-state index in [1.165, 1.54) is 19.2 Å². The maximum Gasteiger partial charge on any atom is 0.321 e. The molecule has 0 fully saturated rings.